The van der Waals surface area contributed by atoms with Crippen LogP contribution < -0.4 is 5.32 Å². The van der Waals surface area contributed by atoms with Crippen LogP contribution in [-0.4, -0.2) is 42.5 Å². The SMILES string of the molecule is CCN(C)CCNC(=O)c1cccnc1F. The molecule has 1 heterocycles. The van der Waals surface area contributed by atoms with Crippen LogP contribution in [0.15, 0.2) is 18.3 Å². The average molecular weight is 225 g/mol. The zero-order valence-corrected chi connectivity index (χ0v) is 9.53. The first-order valence-electron chi connectivity index (χ1n) is 5.22. The minimum atomic E-state index is -0.733. The third kappa shape index (κ3) is 3.58. The maximum Gasteiger partial charge on any atom is 0.255 e. The van der Waals surface area contributed by atoms with E-state index in [1.54, 1.807) is 0 Å². The van der Waals surface area contributed by atoms with Gasteiger partial charge in [0, 0.05) is 19.3 Å². The summed E-state index contributed by atoms with van der Waals surface area (Å²) in [6, 6.07) is 2.96. The van der Waals surface area contributed by atoms with Crippen molar-refractivity contribution in [1.29, 1.82) is 0 Å². The van der Waals surface area contributed by atoms with Gasteiger partial charge in [0.05, 0.1) is 5.56 Å². The van der Waals surface area contributed by atoms with Crippen LogP contribution >= 0.6 is 0 Å². The zero-order valence-electron chi connectivity index (χ0n) is 9.53. The van der Waals surface area contributed by atoms with Crippen molar-refractivity contribution in [3.63, 3.8) is 0 Å². The van der Waals surface area contributed by atoms with Crippen LogP contribution in [0.1, 0.15) is 17.3 Å². The van der Waals surface area contributed by atoms with Crippen LogP contribution in [0.4, 0.5) is 4.39 Å². The quantitative estimate of drug-likeness (QED) is 0.757. The second-order valence-electron chi connectivity index (χ2n) is 3.49. The number of carbonyl (C=O) groups is 1. The molecule has 1 aromatic rings. The molecule has 4 nitrogen and oxygen atoms in total. The van der Waals surface area contributed by atoms with Gasteiger partial charge in [-0.05, 0) is 25.7 Å². The summed E-state index contributed by atoms with van der Waals surface area (Å²) in [5.41, 5.74) is -0.0124. The first-order valence-corrected chi connectivity index (χ1v) is 5.22. The summed E-state index contributed by atoms with van der Waals surface area (Å²) < 4.78 is 13.1. The van der Waals surface area contributed by atoms with Crippen LogP contribution in [-0.2, 0) is 0 Å². The number of pyridine rings is 1. The normalized spacial score (nSPS) is 10.5. The van der Waals surface area contributed by atoms with Crippen molar-refractivity contribution in [1.82, 2.24) is 15.2 Å². The number of nitrogens with one attached hydrogen (secondary N) is 1. The second-order valence-corrected chi connectivity index (χ2v) is 3.49. The Hall–Kier alpha value is -1.49. The molecule has 0 fully saturated rings. The number of aromatic nitrogens is 1. The number of rotatable bonds is 5. The van der Waals surface area contributed by atoms with E-state index >= 15 is 0 Å². The molecule has 1 rings (SSSR count). The molecule has 0 aliphatic carbocycles. The Morgan fingerprint density at radius 1 is 1.62 bits per heavy atom. The Morgan fingerprint density at radius 3 is 3.00 bits per heavy atom. The first kappa shape index (κ1) is 12.6. The number of amides is 1. The van der Waals surface area contributed by atoms with Crippen LogP contribution in [0, 0.1) is 5.95 Å². The predicted molar refractivity (Wildman–Crippen MR) is 59.7 cm³/mol. The van der Waals surface area contributed by atoms with Crippen LogP contribution in [0.2, 0.25) is 0 Å². The van der Waals surface area contributed by atoms with Gasteiger partial charge in [-0.25, -0.2) is 4.98 Å². The maximum atomic E-state index is 13.1. The fraction of sp³-hybridized carbons (Fsp3) is 0.455. The van der Waals surface area contributed by atoms with Crippen molar-refractivity contribution in [3.05, 3.63) is 29.8 Å². The molecule has 1 aromatic heterocycles. The summed E-state index contributed by atoms with van der Waals surface area (Å²) in [7, 11) is 1.96. The molecule has 16 heavy (non-hydrogen) atoms. The molecule has 5 heteroatoms. The molecule has 0 spiro atoms. The van der Waals surface area contributed by atoms with Gasteiger partial charge in [0.25, 0.3) is 5.91 Å². The highest BCUT2D eigenvalue weighted by Gasteiger charge is 2.10. The smallest absolute Gasteiger partial charge is 0.255 e. The van der Waals surface area contributed by atoms with Crippen LogP contribution in [0.5, 0.6) is 0 Å². The van der Waals surface area contributed by atoms with Gasteiger partial charge in [-0.2, -0.15) is 4.39 Å². The average Bonchev–Trinajstić information content (AvgIpc) is 2.29. The van der Waals surface area contributed by atoms with E-state index in [1.807, 2.05) is 14.0 Å². The molecule has 0 saturated heterocycles. The fourth-order valence-corrected chi connectivity index (χ4v) is 1.17. The number of hydrogen-bond acceptors (Lipinski definition) is 3. The summed E-state index contributed by atoms with van der Waals surface area (Å²) >= 11 is 0. The molecule has 0 unspecified atom stereocenters. The Bertz CT molecular complexity index is 357. The molecule has 0 radical (unpaired) electrons. The lowest BCUT2D eigenvalue weighted by Gasteiger charge is -2.13. The summed E-state index contributed by atoms with van der Waals surface area (Å²) in [5, 5.41) is 2.64. The molecular formula is C11H16FN3O. The number of halogens is 1. The molecule has 1 N–H and O–H groups in total. The molecule has 0 aliphatic heterocycles. The van der Waals surface area contributed by atoms with E-state index in [9.17, 15) is 9.18 Å². The van der Waals surface area contributed by atoms with Crippen LogP contribution in [0.25, 0.3) is 0 Å². The van der Waals surface area contributed by atoms with Crippen LogP contribution in [0.3, 0.4) is 0 Å². The molecular weight excluding hydrogens is 209 g/mol. The lowest BCUT2D eigenvalue weighted by molar-refractivity contribution is 0.0945. The van der Waals surface area contributed by atoms with E-state index < -0.39 is 11.9 Å². The Balaban J connectivity index is 2.44. The van der Waals surface area contributed by atoms with Gasteiger partial charge in [-0.3, -0.25) is 4.79 Å². The van der Waals surface area contributed by atoms with Gasteiger partial charge in [-0.15, -0.1) is 0 Å². The van der Waals surface area contributed by atoms with Gasteiger partial charge in [-0.1, -0.05) is 6.92 Å². The van der Waals surface area contributed by atoms with Gasteiger partial charge >= 0.3 is 0 Å². The molecule has 0 bridgehead atoms. The van der Waals surface area contributed by atoms with Crippen molar-refractivity contribution in [3.8, 4) is 0 Å². The monoisotopic (exact) mass is 225 g/mol. The number of likely N-dealkylation sites (N-methyl/N-ethyl adjacent to an activating group) is 1. The first-order chi connectivity index (χ1) is 7.65. The number of nitrogens with zero attached hydrogens (tertiary/aromatic N) is 2. The predicted octanol–water partition coefficient (Wildman–Crippen LogP) is 0.902. The minimum absolute atomic E-state index is 0.0124. The van der Waals surface area contributed by atoms with Crippen molar-refractivity contribution in [2.24, 2.45) is 0 Å². The third-order valence-corrected chi connectivity index (χ3v) is 2.32. The summed E-state index contributed by atoms with van der Waals surface area (Å²) in [6.45, 7) is 4.18. The topological polar surface area (TPSA) is 45.2 Å². The maximum absolute atomic E-state index is 13.1. The largest absolute Gasteiger partial charge is 0.351 e. The Morgan fingerprint density at radius 2 is 2.38 bits per heavy atom. The molecule has 0 aromatic carbocycles. The zero-order chi connectivity index (χ0) is 12.0. The lowest BCUT2D eigenvalue weighted by atomic mass is 10.2. The van der Waals surface area contributed by atoms with E-state index in [0.29, 0.717) is 6.54 Å². The van der Waals surface area contributed by atoms with E-state index in [0.717, 1.165) is 13.1 Å². The molecule has 0 atom stereocenters. The van der Waals surface area contributed by atoms with E-state index in [2.05, 4.69) is 15.2 Å². The number of carbonyl (C=O) groups excluding carboxylic acids is 1. The number of hydrogen-bond donors (Lipinski definition) is 1. The van der Waals surface area contributed by atoms with Crippen molar-refractivity contribution in [2.45, 2.75) is 6.92 Å². The van der Waals surface area contributed by atoms with Gasteiger partial charge in [0.2, 0.25) is 5.95 Å². The van der Waals surface area contributed by atoms with Crippen molar-refractivity contribution in [2.75, 3.05) is 26.7 Å². The summed E-state index contributed by atoms with van der Waals surface area (Å²) in [5.74, 6) is -1.15. The highest BCUT2D eigenvalue weighted by molar-refractivity contribution is 5.94. The van der Waals surface area contributed by atoms with E-state index in [-0.39, 0.29) is 5.56 Å². The molecule has 0 aliphatic rings. The van der Waals surface area contributed by atoms with Crippen molar-refractivity contribution >= 4 is 5.91 Å². The highest BCUT2D eigenvalue weighted by atomic mass is 19.1. The second kappa shape index (κ2) is 6.17. The molecule has 1 amide bonds. The van der Waals surface area contributed by atoms with E-state index in [1.165, 1.54) is 18.3 Å². The molecule has 88 valence electrons. The van der Waals surface area contributed by atoms with Gasteiger partial charge in [0.15, 0.2) is 0 Å². The Labute approximate surface area is 94.5 Å². The fourth-order valence-electron chi connectivity index (χ4n) is 1.17. The summed E-state index contributed by atoms with van der Waals surface area (Å²) in [6.07, 6.45) is 1.32. The standard InChI is InChI=1S/C11H16FN3O/c1-3-15(2)8-7-14-11(16)9-5-4-6-13-10(9)12/h4-6H,3,7-8H2,1-2H3,(H,14,16). The van der Waals surface area contributed by atoms with Crippen molar-refractivity contribution < 1.29 is 9.18 Å². The summed E-state index contributed by atoms with van der Waals surface area (Å²) in [4.78, 5) is 17.0. The van der Waals surface area contributed by atoms with Gasteiger partial charge in [0.1, 0.15) is 0 Å². The highest BCUT2D eigenvalue weighted by Crippen LogP contribution is 2.02. The third-order valence-electron chi connectivity index (χ3n) is 2.32. The molecule has 0 saturated carbocycles. The Kier molecular flexibility index (Phi) is 4.85. The van der Waals surface area contributed by atoms with E-state index in [4.69, 9.17) is 0 Å². The van der Waals surface area contributed by atoms with Gasteiger partial charge < -0.3 is 10.2 Å². The lowest BCUT2D eigenvalue weighted by Crippen LogP contribution is -2.33. The minimum Gasteiger partial charge on any atom is -0.351 e.